The average Bonchev–Trinajstić information content (AvgIpc) is 2.84. The molecule has 1 fully saturated rings. The van der Waals surface area contributed by atoms with Gasteiger partial charge in [0.15, 0.2) is 5.17 Å². The molecule has 1 aliphatic rings. The summed E-state index contributed by atoms with van der Waals surface area (Å²) in [5.74, 6) is -0.485. The third kappa shape index (κ3) is 3.26. The van der Waals surface area contributed by atoms with Gasteiger partial charge in [0, 0.05) is 0 Å². The molecule has 5 heteroatoms. The van der Waals surface area contributed by atoms with Crippen molar-refractivity contribution in [3.8, 4) is 0 Å². The molecule has 0 radical (unpaired) electrons. The van der Waals surface area contributed by atoms with Crippen molar-refractivity contribution >= 4 is 34.6 Å². The third-order valence-corrected chi connectivity index (χ3v) is 4.09. The second-order valence-corrected chi connectivity index (χ2v) is 5.85. The first-order valence-corrected chi connectivity index (χ1v) is 7.54. The second-order valence-electron chi connectivity index (χ2n) is 4.81. The lowest BCUT2D eigenvalue weighted by atomic mass is 10.1. The molecule has 0 unspecified atom stereocenters. The van der Waals surface area contributed by atoms with E-state index in [1.54, 1.807) is 12.1 Å². The first kappa shape index (κ1) is 14.5. The van der Waals surface area contributed by atoms with Crippen molar-refractivity contribution in [1.82, 2.24) is 5.32 Å². The van der Waals surface area contributed by atoms with E-state index >= 15 is 0 Å². The van der Waals surface area contributed by atoms with E-state index in [1.165, 1.54) is 23.9 Å². The van der Waals surface area contributed by atoms with Gasteiger partial charge in [0.1, 0.15) is 5.82 Å². The van der Waals surface area contributed by atoms with Crippen molar-refractivity contribution in [3.63, 3.8) is 0 Å². The van der Waals surface area contributed by atoms with Crippen molar-refractivity contribution in [1.29, 1.82) is 0 Å². The number of carbonyl (C=O) groups is 1. The van der Waals surface area contributed by atoms with Crippen LogP contribution >= 0.6 is 11.8 Å². The maximum Gasteiger partial charge on any atom is 0.264 e. The minimum atomic E-state index is -0.313. The molecule has 2 aromatic rings. The SMILES string of the molecule is Cc1ccccc1/C=C1/SC(=Nc2ccc(F)cc2)NC1=O. The molecular formula is C17H13FN2OS. The van der Waals surface area contributed by atoms with Crippen molar-refractivity contribution < 1.29 is 9.18 Å². The van der Waals surface area contributed by atoms with Crippen LogP contribution in [0.3, 0.4) is 0 Å². The van der Waals surface area contributed by atoms with Gasteiger partial charge in [-0.15, -0.1) is 0 Å². The monoisotopic (exact) mass is 312 g/mol. The van der Waals surface area contributed by atoms with Crippen LogP contribution in [0.25, 0.3) is 6.08 Å². The maximum absolute atomic E-state index is 12.9. The number of thioether (sulfide) groups is 1. The number of carbonyl (C=O) groups excluding carboxylic acids is 1. The van der Waals surface area contributed by atoms with Gasteiger partial charge in [0.05, 0.1) is 10.6 Å². The molecule has 1 saturated heterocycles. The molecule has 1 heterocycles. The topological polar surface area (TPSA) is 41.5 Å². The van der Waals surface area contributed by atoms with Gasteiger partial charge in [0.2, 0.25) is 0 Å². The number of hydrogen-bond donors (Lipinski definition) is 1. The van der Waals surface area contributed by atoms with E-state index < -0.39 is 0 Å². The molecule has 1 N–H and O–H groups in total. The molecule has 110 valence electrons. The van der Waals surface area contributed by atoms with Gasteiger partial charge >= 0.3 is 0 Å². The fourth-order valence-corrected chi connectivity index (χ4v) is 2.84. The summed E-state index contributed by atoms with van der Waals surface area (Å²) < 4.78 is 12.9. The fourth-order valence-electron chi connectivity index (χ4n) is 2.00. The Morgan fingerprint density at radius 1 is 1.14 bits per heavy atom. The normalized spacial score (nSPS) is 18.0. The third-order valence-electron chi connectivity index (χ3n) is 3.18. The Hall–Kier alpha value is -2.40. The molecule has 22 heavy (non-hydrogen) atoms. The van der Waals surface area contributed by atoms with E-state index in [1.807, 2.05) is 37.3 Å². The van der Waals surface area contributed by atoms with Crippen LogP contribution in [-0.4, -0.2) is 11.1 Å². The van der Waals surface area contributed by atoms with Crippen LogP contribution in [-0.2, 0) is 4.79 Å². The van der Waals surface area contributed by atoms with Gasteiger partial charge < -0.3 is 5.32 Å². The van der Waals surface area contributed by atoms with E-state index in [2.05, 4.69) is 10.3 Å². The van der Waals surface area contributed by atoms with E-state index in [-0.39, 0.29) is 11.7 Å². The van der Waals surface area contributed by atoms with Crippen LogP contribution in [0.2, 0.25) is 0 Å². The zero-order chi connectivity index (χ0) is 15.5. The maximum atomic E-state index is 12.9. The number of amidine groups is 1. The molecule has 0 bridgehead atoms. The van der Waals surface area contributed by atoms with Crippen molar-refractivity contribution in [2.45, 2.75) is 6.92 Å². The van der Waals surface area contributed by atoms with Crippen molar-refractivity contribution in [3.05, 3.63) is 70.4 Å². The summed E-state index contributed by atoms with van der Waals surface area (Å²) in [5, 5.41) is 3.22. The van der Waals surface area contributed by atoms with Gasteiger partial charge in [-0.1, -0.05) is 24.3 Å². The van der Waals surface area contributed by atoms with Gasteiger partial charge in [0.25, 0.3) is 5.91 Å². The van der Waals surface area contributed by atoms with Crippen molar-refractivity contribution in [2.75, 3.05) is 0 Å². The van der Waals surface area contributed by atoms with Crippen LogP contribution in [0.1, 0.15) is 11.1 Å². The number of nitrogens with zero attached hydrogens (tertiary/aromatic N) is 1. The number of nitrogens with one attached hydrogen (secondary N) is 1. The van der Waals surface area contributed by atoms with Gasteiger partial charge in [-0.05, 0) is 60.2 Å². The van der Waals surface area contributed by atoms with E-state index in [4.69, 9.17) is 0 Å². The molecule has 3 nitrogen and oxygen atoms in total. The Morgan fingerprint density at radius 2 is 1.86 bits per heavy atom. The number of halogens is 1. The largest absolute Gasteiger partial charge is 0.300 e. The van der Waals surface area contributed by atoms with E-state index in [0.29, 0.717) is 15.8 Å². The van der Waals surface area contributed by atoms with Crippen LogP contribution in [0.4, 0.5) is 10.1 Å². The number of amides is 1. The molecule has 0 saturated carbocycles. The summed E-state index contributed by atoms with van der Waals surface area (Å²) in [7, 11) is 0. The van der Waals surface area contributed by atoms with Crippen LogP contribution in [0, 0.1) is 12.7 Å². The lowest BCUT2D eigenvalue weighted by Gasteiger charge is -1.99. The van der Waals surface area contributed by atoms with E-state index in [9.17, 15) is 9.18 Å². The molecule has 0 spiro atoms. The average molecular weight is 312 g/mol. The summed E-state index contributed by atoms with van der Waals surface area (Å²) in [6, 6.07) is 13.7. The Balaban J connectivity index is 1.84. The van der Waals surface area contributed by atoms with Crippen LogP contribution in [0.5, 0.6) is 0 Å². The lowest BCUT2D eigenvalue weighted by molar-refractivity contribution is -0.115. The van der Waals surface area contributed by atoms with Crippen LogP contribution in [0.15, 0.2) is 58.4 Å². The first-order chi connectivity index (χ1) is 10.6. The molecule has 0 aromatic heterocycles. The molecule has 1 amide bonds. The molecular weight excluding hydrogens is 299 g/mol. The number of benzene rings is 2. The van der Waals surface area contributed by atoms with Gasteiger partial charge in [-0.3, -0.25) is 4.79 Å². The van der Waals surface area contributed by atoms with Crippen molar-refractivity contribution in [2.24, 2.45) is 4.99 Å². The number of hydrogen-bond acceptors (Lipinski definition) is 3. The first-order valence-electron chi connectivity index (χ1n) is 6.72. The molecule has 1 aliphatic heterocycles. The highest BCUT2D eigenvalue weighted by Gasteiger charge is 2.23. The van der Waals surface area contributed by atoms with Crippen LogP contribution < -0.4 is 5.32 Å². The molecule has 0 atom stereocenters. The smallest absolute Gasteiger partial charge is 0.264 e. The Morgan fingerprint density at radius 3 is 2.59 bits per heavy atom. The predicted octanol–water partition coefficient (Wildman–Crippen LogP) is 4.03. The number of aliphatic imine (C=N–C) groups is 1. The standard InChI is InChI=1S/C17H13FN2OS/c1-11-4-2-3-5-12(11)10-15-16(21)20-17(22-15)19-14-8-6-13(18)7-9-14/h2-10H,1H3,(H,19,20,21)/b15-10+. The highest BCUT2D eigenvalue weighted by atomic mass is 32.2. The Bertz CT molecular complexity index is 782. The zero-order valence-corrected chi connectivity index (χ0v) is 12.7. The minimum Gasteiger partial charge on any atom is -0.300 e. The van der Waals surface area contributed by atoms with Gasteiger partial charge in [-0.2, -0.15) is 0 Å². The summed E-state index contributed by atoms with van der Waals surface area (Å²) in [5.41, 5.74) is 2.71. The van der Waals surface area contributed by atoms with Gasteiger partial charge in [-0.25, -0.2) is 9.38 Å². The Labute approximate surface area is 132 Å². The predicted molar refractivity (Wildman–Crippen MR) is 88.4 cm³/mol. The van der Waals surface area contributed by atoms with E-state index in [0.717, 1.165) is 11.1 Å². The molecule has 0 aliphatic carbocycles. The summed E-state index contributed by atoms with van der Waals surface area (Å²) in [4.78, 5) is 16.9. The zero-order valence-electron chi connectivity index (χ0n) is 11.8. The quantitative estimate of drug-likeness (QED) is 0.851. The minimum absolute atomic E-state index is 0.172. The lowest BCUT2D eigenvalue weighted by Crippen LogP contribution is -2.19. The summed E-state index contributed by atoms with van der Waals surface area (Å²) in [6.07, 6.45) is 1.85. The highest BCUT2D eigenvalue weighted by Crippen LogP contribution is 2.28. The molecule has 2 aromatic carbocycles. The summed E-state index contributed by atoms with van der Waals surface area (Å²) in [6.45, 7) is 2.00. The fraction of sp³-hybridized carbons (Fsp3) is 0.0588. The summed E-state index contributed by atoms with van der Waals surface area (Å²) >= 11 is 1.28. The number of aryl methyl sites for hydroxylation is 1. The highest BCUT2D eigenvalue weighted by molar-refractivity contribution is 8.18. The Kier molecular flexibility index (Phi) is 4.06. The number of rotatable bonds is 2. The molecule has 3 rings (SSSR count). The second kappa shape index (κ2) is 6.15.